The molecule has 0 bridgehead atoms. The second-order valence-electron chi connectivity index (χ2n) is 7.83. The molecule has 29 heavy (non-hydrogen) atoms. The minimum atomic E-state index is -0.0784. The number of hydrogen-bond acceptors (Lipinski definition) is 4. The normalized spacial score (nSPS) is 18.4. The first-order valence-corrected chi connectivity index (χ1v) is 11.0. The number of nitrogens with one attached hydrogen (secondary N) is 1. The van der Waals surface area contributed by atoms with E-state index < -0.39 is 0 Å². The lowest BCUT2D eigenvalue weighted by Gasteiger charge is -2.33. The third-order valence-corrected chi connectivity index (χ3v) is 6.15. The van der Waals surface area contributed by atoms with Gasteiger partial charge in [-0.15, -0.1) is 0 Å². The van der Waals surface area contributed by atoms with Crippen molar-refractivity contribution in [1.82, 2.24) is 10.2 Å². The van der Waals surface area contributed by atoms with Gasteiger partial charge in [0, 0.05) is 30.6 Å². The lowest BCUT2D eigenvalue weighted by Crippen LogP contribution is -2.48. The number of hydrogen-bond donors (Lipinski definition) is 1. The van der Waals surface area contributed by atoms with Crippen LogP contribution in [-0.2, 0) is 4.79 Å². The third kappa shape index (κ3) is 5.35. The van der Waals surface area contributed by atoms with E-state index in [0.29, 0.717) is 41.8 Å². The molecular formula is C22H31ClN2O4. The van der Waals surface area contributed by atoms with Gasteiger partial charge in [-0.3, -0.25) is 9.59 Å². The maximum Gasteiger partial charge on any atom is 0.254 e. The summed E-state index contributed by atoms with van der Waals surface area (Å²) in [5, 5.41) is 3.57. The highest BCUT2D eigenvalue weighted by Crippen LogP contribution is 2.37. The zero-order chi connectivity index (χ0) is 20.8. The number of rotatable bonds is 6. The van der Waals surface area contributed by atoms with E-state index in [0.717, 1.165) is 38.5 Å². The Balaban J connectivity index is 1.57. The lowest BCUT2D eigenvalue weighted by atomic mass is 9.88. The van der Waals surface area contributed by atoms with Crippen LogP contribution in [0.5, 0.6) is 11.5 Å². The molecule has 0 unspecified atom stereocenters. The predicted octanol–water partition coefficient (Wildman–Crippen LogP) is 4.05. The van der Waals surface area contributed by atoms with Gasteiger partial charge in [0.05, 0.1) is 18.7 Å². The predicted molar refractivity (Wildman–Crippen MR) is 113 cm³/mol. The Labute approximate surface area is 177 Å². The molecule has 0 radical (unpaired) electrons. The van der Waals surface area contributed by atoms with Gasteiger partial charge in [0.25, 0.3) is 5.91 Å². The van der Waals surface area contributed by atoms with Gasteiger partial charge in [-0.05, 0) is 44.7 Å². The molecule has 2 amide bonds. The van der Waals surface area contributed by atoms with Crippen molar-refractivity contribution in [2.45, 2.75) is 57.9 Å². The van der Waals surface area contributed by atoms with Crippen LogP contribution >= 0.6 is 11.6 Å². The largest absolute Gasteiger partial charge is 0.493 e. The Hall–Kier alpha value is -1.95. The quantitative estimate of drug-likeness (QED) is 0.750. The van der Waals surface area contributed by atoms with E-state index >= 15 is 0 Å². The van der Waals surface area contributed by atoms with Crippen molar-refractivity contribution in [3.05, 3.63) is 22.7 Å². The van der Waals surface area contributed by atoms with Crippen LogP contribution in [0.25, 0.3) is 0 Å². The van der Waals surface area contributed by atoms with Crippen LogP contribution in [-0.4, -0.2) is 49.6 Å². The fraction of sp³-hybridized carbons (Fsp3) is 0.636. The van der Waals surface area contributed by atoms with E-state index in [2.05, 4.69) is 5.32 Å². The average molecular weight is 423 g/mol. The highest BCUT2D eigenvalue weighted by molar-refractivity contribution is 6.32. The molecule has 1 aliphatic heterocycles. The Morgan fingerprint density at radius 3 is 2.45 bits per heavy atom. The van der Waals surface area contributed by atoms with E-state index in [1.165, 1.54) is 13.5 Å². The fourth-order valence-electron chi connectivity index (χ4n) is 4.22. The number of halogens is 1. The first-order chi connectivity index (χ1) is 14.0. The summed E-state index contributed by atoms with van der Waals surface area (Å²) in [4.78, 5) is 27.2. The summed E-state index contributed by atoms with van der Waals surface area (Å²) < 4.78 is 10.9. The second kappa shape index (κ2) is 10.2. The summed E-state index contributed by atoms with van der Waals surface area (Å²) in [6.45, 7) is 3.55. The molecule has 2 fully saturated rings. The molecule has 1 heterocycles. The second-order valence-corrected chi connectivity index (χ2v) is 8.24. The summed E-state index contributed by atoms with van der Waals surface area (Å²) >= 11 is 6.31. The summed E-state index contributed by atoms with van der Waals surface area (Å²) in [7, 11) is 1.53. The van der Waals surface area contributed by atoms with E-state index in [9.17, 15) is 9.59 Å². The molecule has 6 nitrogen and oxygen atoms in total. The van der Waals surface area contributed by atoms with Crippen molar-refractivity contribution < 1.29 is 19.1 Å². The van der Waals surface area contributed by atoms with Crippen molar-refractivity contribution in [3.63, 3.8) is 0 Å². The minimum absolute atomic E-state index is 0.0784. The van der Waals surface area contributed by atoms with E-state index in [1.807, 2.05) is 11.8 Å². The first-order valence-electron chi connectivity index (χ1n) is 10.6. The third-order valence-electron chi connectivity index (χ3n) is 5.87. The molecule has 1 N–H and O–H groups in total. The number of likely N-dealkylation sites (tertiary alicyclic amines) is 1. The molecule has 160 valence electrons. The molecule has 1 aromatic carbocycles. The number of ether oxygens (including phenoxy) is 2. The zero-order valence-corrected chi connectivity index (χ0v) is 18.1. The van der Waals surface area contributed by atoms with Crippen molar-refractivity contribution >= 4 is 23.4 Å². The van der Waals surface area contributed by atoms with Crippen LogP contribution in [0.2, 0.25) is 5.02 Å². The van der Waals surface area contributed by atoms with Crippen LogP contribution in [0, 0.1) is 5.92 Å². The van der Waals surface area contributed by atoms with Crippen LogP contribution in [0.3, 0.4) is 0 Å². The standard InChI is InChI=1S/C22H31ClN2O4/c1-3-29-20-18(23)13-16(14-19(20)28-2)22(27)25-11-9-17(10-12-25)24-21(26)15-7-5-4-6-8-15/h13-15,17H,3-12H2,1-2H3,(H,24,26). The SMILES string of the molecule is CCOc1c(Cl)cc(C(=O)N2CCC(NC(=O)C3CCCCC3)CC2)cc1OC. The number of piperidine rings is 1. The smallest absolute Gasteiger partial charge is 0.254 e. The summed E-state index contributed by atoms with van der Waals surface area (Å²) in [5.74, 6) is 1.19. The van der Waals surface area contributed by atoms with Crippen molar-refractivity contribution in [2.24, 2.45) is 5.92 Å². The molecule has 3 rings (SSSR count). The summed E-state index contributed by atoms with van der Waals surface area (Å²) in [6, 6.07) is 3.46. The van der Waals surface area contributed by atoms with Crippen molar-refractivity contribution in [3.8, 4) is 11.5 Å². The Kier molecular flexibility index (Phi) is 7.64. The number of methoxy groups -OCH3 is 1. The monoisotopic (exact) mass is 422 g/mol. The maximum absolute atomic E-state index is 12.9. The first kappa shape index (κ1) is 21.8. The van der Waals surface area contributed by atoms with Gasteiger partial charge in [-0.25, -0.2) is 0 Å². The highest BCUT2D eigenvalue weighted by atomic mass is 35.5. The van der Waals surface area contributed by atoms with Crippen molar-refractivity contribution in [2.75, 3.05) is 26.8 Å². The lowest BCUT2D eigenvalue weighted by molar-refractivity contribution is -0.126. The number of amides is 2. The Morgan fingerprint density at radius 2 is 1.83 bits per heavy atom. The number of carbonyl (C=O) groups excluding carboxylic acids is 2. The number of benzene rings is 1. The van der Waals surface area contributed by atoms with E-state index in [1.54, 1.807) is 12.1 Å². The van der Waals surface area contributed by atoms with Crippen LogP contribution in [0.15, 0.2) is 12.1 Å². The molecule has 0 atom stereocenters. The van der Waals surface area contributed by atoms with Gasteiger partial charge in [-0.1, -0.05) is 30.9 Å². The molecule has 0 aromatic heterocycles. The molecule has 1 aromatic rings. The zero-order valence-electron chi connectivity index (χ0n) is 17.3. The minimum Gasteiger partial charge on any atom is -0.493 e. The average Bonchev–Trinajstić information content (AvgIpc) is 2.75. The Morgan fingerprint density at radius 1 is 1.14 bits per heavy atom. The molecule has 0 spiro atoms. The van der Waals surface area contributed by atoms with Gasteiger partial charge >= 0.3 is 0 Å². The van der Waals surface area contributed by atoms with Gasteiger partial charge in [0.15, 0.2) is 11.5 Å². The van der Waals surface area contributed by atoms with Gasteiger partial charge in [-0.2, -0.15) is 0 Å². The topological polar surface area (TPSA) is 67.9 Å². The molecule has 7 heteroatoms. The molecule has 1 saturated carbocycles. The number of carbonyl (C=O) groups is 2. The van der Waals surface area contributed by atoms with Gasteiger partial charge in [0.2, 0.25) is 5.91 Å². The molecular weight excluding hydrogens is 392 g/mol. The fourth-order valence-corrected chi connectivity index (χ4v) is 4.49. The summed E-state index contributed by atoms with van der Waals surface area (Å²) in [5.41, 5.74) is 0.486. The van der Waals surface area contributed by atoms with Gasteiger partial charge in [0.1, 0.15) is 0 Å². The van der Waals surface area contributed by atoms with Gasteiger partial charge < -0.3 is 19.7 Å². The number of nitrogens with zero attached hydrogens (tertiary/aromatic N) is 1. The summed E-state index contributed by atoms with van der Waals surface area (Å²) in [6.07, 6.45) is 7.09. The Bertz CT molecular complexity index is 726. The van der Waals surface area contributed by atoms with Crippen LogP contribution in [0.1, 0.15) is 62.2 Å². The molecule has 1 aliphatic carbocycles. The van der Waals surface area contributed by atoms with Crippen LogP contribution in [0.4, 0.5) is 0 Å². The maximum atomic E-state index is 12.9. The van der Waals surface area contributed by atoms with E-state index in [4.69, 9.17) is 21.1 Å². The highest BCUT2D eigenvalue weighted by Gasteiger charge is 2.28. The van der Waals surface area contributed by atoms with Crippen molar-refractivity contribution in [1.29, 1.82) is 0 Å². The van der Waals surface area contributed by atoms with E-state index in [-0.39, 0.29) is 23.8 Å². The molecule has 2 aliphatic rings. The molecule has 1 saturated heterocycles. The van der Waals surface area contributed by atoms with Crippen LogP contribution < -0.4 is 14.8 Å².